The molecule has 2 aliphatic carbocycles. The lowest BCUT2D eigenvalue weighted by Gasteiger charge is -2.42. The van der Waals surface area contributed by atoms with Crippen molar-refractivity contribution in [1.82, 2.24) is 15.0 Å². The molecule has 2 aliphatic rings. The van der Waals surface area contributed by atoms with Crippen LogP contribution in [0, 0.1) is 5.41 Å². The van der Waals surface area contributed by atoms with Gasteiger partial charge in [-0.3, -0.25) is 0 Å². The molecule has 5 nitrogen and oxygen atoms in total. The normalized spacial score (nSPS) is 26.9. The Morgan fingerprint density at radius 1 is 1.30 bits per heavy atom. The average molecular weight is 314 g/mol. The van der Waals surface area contributed by atoms with E-state index in [2.05, 4.69) is 27.2 Å². The van der Waals surface area contributed by atoms with Gasteiger partial charge in [-0.1, -0.05) is 19.8 Å². The summed E-state index contributed by atoms with van der Waals surface area (Å²) in [6, 6.07) is 0.397. The minimum atomic E-state index is -0.119. The third-order valence-electron chi connectivity index (χ3n) is 6.02. The molecule has 1 spiro atoms. The smallest absolute Gasteiger partial charge is 0.143 e. The second-order valence-corrected chi connectivity index (χ2v) is 7.32. The molecule has 2 heterocycles. The number of rotatable bonds is 3. The first-order valence-electron chi connectivity index (χ1n) is 8.97. The number of anilines is 1. The van der Waals surface area contributed by atoms with E-state index in [0.717, 1.165) is 42.5 Å². The Morgan fingerprint density at radius 2 is 2.13 bits per heavy atom. The van der Waals surface area contributed by atoms with Crippen molar-refractivity contribution < 1.29 is 5.11 Å². The number of aliphatic hydroxyl groups is 1. The van der Waals surface area contributed by atoms with Gasteiger partial charge in [-0.25, -0.2) is 9.97 Å². The Hall–Kier alpha value is -1.62. The molecular weight excluding hydrogens is 288 g/mol. The molecule has 2 fully saturated rings. The number of nitrogens with one attached hydrogen (secondary N) is 2. The number of fused-ring (bicyclic) bond motifs is 1. The van der Waals surface area contributed by atoms with Crippen molar-refractivity contribution in [3.63, 3.8) is 0 Å². The van der Waals surface area contributed by atoms with E-state index in [1.807, 2.05) is 6.20 Å². The van der Waals surface area contributed by atoms with E-state index >= 15 is 0 Å². The molecule has 2 unspecified atom stereocenters. The SMILES string of the molecule is CCc1c[nH]c2ncnc(NC3CCC(O)C4(CCCC4)C3)c12. The zero-order chi connectivity index (χ0) is 15.9. The fraction of sp³-hybridized carbons (Fsp3) is 0.667. The summed E-state index contributed by atoms with van der Waals surface area (Å²) >= 11 is 0. The maximum Gasteiger partial charge on any atom is 0.143 e. The summed E-state index contributed by atoms with van der Waals surface area (Å²) in [6.07, 6.45) is 12.4. The zero-order valence-electron chi connectivity index (χ0n) is 13.8. The van der Waals surface area contributed by atoms with E-state index in [9.17, 15) is 5.11 Å². The Labute approximate surface area is 136 Å². The third kappa shape index (κ3) is 2.51. The van der Waals surface area contributed by atoms with Crippen LogP contribution in [0.1, 0.15) is 57.4 Å². The van der Waals surface area contributed by atoms with Crippen LogP contribution in [0.15, 0.2) is 12.5 Å². The van der Waals surface area contributed by atoms with Gasteiger partial charge in [0.15, 0.2) is 0 Å². The lowest BCUT2D eigenvalue weighted by molar-refractivity contribution is -0.0114. The van der Waals surface area contributed by atoms with Crippen LogP contribution in [0.4, 0.5) is 5.82 Å². The van der Waals surface area contributed by atoms with E-state index in [1.54, 1.807) is 6.33 Å². The molecule has 4 rings (SSSR count). The first kappa shape index (κ1) is 14.9. The summed E-state index contributed by atoms with van der Waals surface area (Å²) in [5.74, 6) is 0.947. The van der Waals surface area contributed by atoms with Gasteiger partial charge in [0.1, 0.15) is 17.8 Å². The fourth-order valence-corrected chi connectivity index (χ4v) is 4.74. The number of aromatic amines is 1. The van der Waals surface area contributed by atoms with Crippen LogP contribution in [-0.4, -0.2) is 32.2 Å². The first-order valence-corrected chi connectivity index (χ1v) is 8.97. The fourth-order valence-electron chi connectivity index (χ4n) is 4.74. The van der Waals surface area contributed by atoms with Crippen LogP contribution in [-0.2, 0) is 6.42 Å². The predicted octanol–water partition coefficient (Wildman–Crippen LogP) is 3.41. The molecule has 5 heteroatoms. The molecule has 0 radical (unpaired) electrons. The molecule has 0 amide bonds. The van der Waals surface area contributed by atoms with Gasteiger partial charge in [-0.2, -0.15) is 0 Å². The molecule has 0 aromatic carbocycles. The highest BCUT2D eigenvalue weighted by molar-refractivity contribution is 5.90. The largest absolute Gasteiger partial charge is 0.393 e. The molecular formula is C18H26N4O. The van der Waals surface area contributed by atoms with Crippen molar-refractivity contribution in [2.75, 3.05) is 5.32 Å². The maximum atomic E-state index is 10.5. The third-order valence-corrected chi connectivity index (χ3v) is 6.02. The summed E-state index contributed by atoms with van der Waals surface area (Å²) in [4.78, 5) is 12.1. The molecule has 23 heavy (non-hydrogen) atoms. The summed E-state index contributed by atoms with van der Waals surface area (Å²) in [6.45, 7) is 2.16. The Balaban J connectivity index is 1.60. The van der Waals surface area contributed by atoms with Gasteiger partial charge in [0, 0.05) is 12.2 Å². The van der Waals surface area contributed by atoms with Gasteiger partial charge in [0.25, 0.3) is 0 Å². The van der Waals surface area contributed by atoms with E-state index < -0.39 is 0 Å². The Bertz CT molecular complexity index is 689. The number of hydrogen-bond donors (Lipinski definition) is 3. The molecule has 2 aromatic heterocycles. The Kier molecular flexibility index (Phi) is 3.76. The first-order chi connectivity index (χ1) is 11.2. The van der Waals surface area contributed by atoms with Crippen LogP contribution >= 0.6 is 0 Å². The molecule has 0 saturated heterocycles. The van der Waals surface area contributed by atoms with Crippen LogP contribution in [0.5, 0.6) is 0 Å². The van der Waals surface area contributed by atoms with Crippen LogP contribution in [0.25, 0.3) is 11.0 Å². The van der Waals surface area contributed by atoms with Gasteiger partial charge in [0.05, 0.1) is 11.5 Å². The van der Waals surface area contributed by atoms with Gasteiger partial charge in [-0.15, -0.1) is 0 Å². The van der Waals surface area contributed by atoms with Gasteiger partial charge in [0.2, 0.25) is 0 Å². The second kappa shape index (κ2) is 5.78. The van der Waals surface area contributed by atoms with Crippen molar-refractivity contribution >= 4 is 16.9 Å². The summed E-state index contributed by atoms with van der Waals surface area (Å²) in [7, 11) is 0. The van der Waals surface area contributed by atoms with Gasteiger partial charge >= 0.3 is 0 Å². The van der Waals surface area contributed by atoms with Gasteiger partial charge in [-0.05, 0) is 49.5 Å². The van der Waals surface area contributed by atoms with E-state index in [0.29, 0.717) is 6.04 Å². The zero-order valence-corrected chi connectivity index (χ0v) is 13.8. The summed E-state index contributed by atoms with van der Waals surface area (Å²) in [5.41, 5.74) is 2.31. The number of H-pyrrole nitrogens is 1. The minimum absolute atomic E-state index is 0.119. The van der Waals surface area contributed by atoms with Crippen molar-refractivity contribution in [2.45, 2.75) is 70.4 Å². The van der Waals surface area contributed by atoms with Crippen molar-refractivity contribution in [3.05, 3.63) is 18.1 Å². The number of hydrogen-bond acceptors (Lipinski definition) is 4. The minimum Gasteiger partial charge on any atom is -0.393 e. The molecule has 124 valence electrons. The molecule has 2 saturated carbocycles. The lowest BCUT2D eigenvalue weighted by Crippen LogP contribution is -2.43. The summed E-state index contributed by atoms with van der Waals surface area (Å²) in [5, 5.41) is 15.3. The van der Waals surface area contributed by atoms with Crippen LogP contribution in [0.3, 0.4) is 0 Å². The van der Waals surface area contributed by atoms with E-state index in [1.165, 1.54) is 31.2 Å². The monoisotopic (exact) mass is 314 g/mol. The van der Waals surface area contributed by atoms with E-state index in [-0.39, 0.29) is 11.5 Å². The molecule has 3 N–H and O–H groups in total. The number of aromatic nitrogens is 3. The maximum absolute atomic E-state index is 10.5. The molecule has 0 bridgehead atoms. The van der Waals surface area contributed by atoms with Gasteiger partial charge < -0.3 is 15.4 Å². The number of aliphatic hydroxyl groups excluding tert-OH is 1. The second-order valence-electron chi connectivity index (χ2n) is 7.32. The lowest BCUT2D eigenvalue weighted by atomic mass is 9.69. The molecule has 0 aliphatic heterocycles. The van der Waals surface area contributed by atoms with Crippen LogP contribution in [0.2, 0.25) is 0 Å². The van der Waals surface area contributed by atoms with Crippen molar-refractivity contribution in [3.8, 4) is 0 Å². The highest BCUT2D eigenvalue weighted by atomic mass is 16.3. The molecule has 2 aromatic rings. The Morgan fingerprint density at radius 3 is 2.91 bits per heavy atom. The predicted molar refractivity (Wildman–Crippen MR) is 91.4 cm³/mol. The topological polar surface area (TPSA) is 73.8 Å². The quantitative estimate of drug-likeness (QED) is 0.811. The average Bonchev–Trinajstić information content (AvgIpc) is 3.19. The molecule has 2 atom stereocenters. The summed E-state index contributed by atoms with van der Waals surface area (Å²) < 4.78 is 0. The van der Waals surface area contributed by atoms with Crippen LogP contribution < -0.4 is 5.32 Å². The standard InChI is InChI=1S/C18H26N4O/c1-2-12-10-19-16-15(12)17(21-11-20-16)22-13-5-6-14(23)18(9-13)7-3-4-8-18/h10-11,13-14,23H,2-9H2,1H3,(H2,19,20,21,22). The number of nitrogens with zero attached hydrogens (tertiary/aromatic N) is 2. The van der Waals surface area contributed by atoms with Crippen molar-refractivity contribution in [2.24, 2.45) is 5.41 Å². The highest BCUT2D eigenvalue weighted by Crippen LogP contribution is 2.49. The number of aryl methyl sites for hydroxylation is 1. The highest BCUT2D eigenvalue weighted by Gasteiger charge is 2.45. The van der Waals surface area contributed by atoms with E-state index in [4.69, 9.17) is 0 Å². The van der Waals surface area contributed by atoms with Crippen molar-refractivity contribution in [1.29, 1.82) is 0 Å².